The van der Waals surface area contributed by atoms with Gasteiger partial charge in [0.2, 0.25) is 0 Å². The number of rotatable bonds is 5. The molecule has 1 amide bonds. The van der Waals surface area contributed by atoms with Gasteiger partial charge in [0.25, 0.3) is 5.91 Å². The van der Waals surface area contributed by atoms with Gasteiger partial charge in [-0.3, -0.25) is 4.79 Å². The monoisotopic (exact) mass is 385 g/mol. The van der Waals surface area contributed by atoms with Crippen LogP contribution in [0.3, 0.4) is 0 Å². The van der Waals surface area contributed by atoms with E-state index in [1.54, 1.807) is 5.32 Å². The molecule has 2 aromatic rings. The number of carbonyl (C=O) groups excluding carboxylic acids is 2. The summed E-state index contributed by atoms with van der Waals surface area (Å²) in [5.74, 6) is -4.02. The minimum atomic E-state index is -5.29. The molecule has 1 aromatic heterocycles. The maximum atomic E-state index is 13.9. The number of methoxy groups -OCH3 is 1. The van der Waals surface area contributed by atoms with Gasteiger partial charge in [0.1, 0.15) is 11.6 Å². The van der Waals surface area contributed by atoms with E-state index in [1.807, 2.05) is 5.32 Å². The lowest BCUT2D eigenvalue weighted by Crippen LogP contribution is -2.69. The van der Waals surface area contributed by atoms with Crippen LogP contribution in [0, 0.1) is 12.7 Å². The van der Waals surface area contributed by atoms with E-state index in [4.69, 9.17) is 0 Å². The summed E-state index contributed by atoms with van der Waals surface area (Å²) in [5.41, 5.74) is -3.59. The van der Waals surface area contributed by atoms with E-state index in [9.17, 15) is 27.2 Å². The molecule has 1 atom stereocenters. The summed E-state index contributed by atoms with van der Waals surface area (Å²) < 4.78 is 59.0. The van der Waals surface area contributed by atoms with Crippen molar-refractivity contribution in [3.63, 3.8) is 0 Å². The first kappa shape index (κ1) is 20.1. The molecule has 0 aliphatic rings. The number of nitrogens with one attached hydrogen (secondary N) is 2. The van der Waals surface area contributed by atoms with Gasteiger partial charge in [-0.15, -0.1) is 0 Å². The second-order valence-corrected chi connectivity index (χ2v) is 5.49. The molecular formula is C17H15F4N3O3. The minimum Gasteiger partial charge on any atom is -0.466 e. The molecular weight excluding hydrogens is 370 g/mol. The van der Waals surface area contributed by atoms with Crippen LogP contribution in [0.15, 0.2) is 42.6 Å². The number of aryl methyl sites for hydroxylation is 1. The predicted octanol–water partition coefficient (Wildman–Crippen LogP) is 2.80. The molecule has 1 aromatic carbocycles. The third kappa shape index (κ3) is 4.15. The number of hydrogen-bond acceptors (Lipinski definition) is 5. The highest BCUT2D eigenvalue weighted by Crippen LogP contribution is 2.33. The number of amides is 1. The van der Waals surface area contributed by atoms with Crippen molar-refractivity contribution in [2.24, 2.45) is 0 Å². The first-order valence-electron chi connectivity index (χ1n) is 7.54. The molecule has 1 unspecified atom stereocenters. The Morgan fingerprint density at radius 3 is 2.26 bits per heavy atom. The topological polar surface area (TPSA) is 80.3 Å². The average molecular weight is 385 g/mol. The molecule has 1 heterocycles. The van der Waals surface area contributed by atoms with Crippen LogP contribution in [0.4, 0.5) is 23.4 Å². The van der Waals surface area contributed by atoms with Crippen molar-refractivity contribution in [1.29, 1.82) is 0 Å². The van der Waals surface area contributed by atoms with E-state index in [0.29, 0.717) is 5.56 Å². The average Bonchev–Trinajstić information content (AvgIpc) is 2.61. The molecule has 0 saturated carbocycles. The molecule has 144 valence electrons. The maximum absolute atomic E-state index is 13.9. The maximum Gasteiger partial charge on any atom is 0.441 e. The number of nitrogens with zero attached hydrogens (tertiary/aromatic N) is 1. The van der Waals surface area contributed by atoms with Crippen molar-refractivity contribution in [3.05, 3.63) is 59.5 Å². The van der Waals surface area contributed by atoms with Crippen molar-refractivity contribution in [3.8, 4) is 0 Å². The van der Waals surface area contributed by atoms with E-state index in [2.05, 4.69) is 9.72 Å². The Bertz CT molecular complexity index is 840. The van der Waals surface area contributed by atoms with Gasteiger partial charge in [0.05, 0.1) is 7.11 Å². The molecule has 0 bridgehead atoms. The summed E-state index contributed by atoms with van der Waals surface area (Å²) in [4.78, 5) is 28.2. The summed E-state index contributed by atoms with van der Waals surface area (Å²) in [5, 5.41) is 3.57. The zero-order valence-electron chi connectivity index (χ0n) is 14.2. The SMILES string of the molecule is COC(=O)C(NC(=O)c1ccc(F)cc1)(Nc1ncccc1C)C(F)(F)F. The van der Waals surface area contributed by atoms with E-state index in [-0.39, 0.29) is 11.4 Å². The standard InChI is InChI=1S/C17H15F4N3O3/c1-10-4-3-9-22-13(10)23-16(15(26)27-2,17(19,20)21)24-14(25)11-5-7-12(18)8-6-11/h3-9H,1-2H3,(H,22,23)(H,24,25). The van der Waals surface area contributed by atoms with Gasteiger partial charge in [-0.05, 0) is 42.8 Å². The Labute approximate surface area is 151 Å². The van der Waals surface area contributed by atoms with E-state index in [0.717, 1.165) is 31.4 Å². The van der Waals surface area contributed by atoms with Crippen molar-refractivity contribution >= 4 is 17.7 Å². The quantitative estimate of drug-likeness (QED) is 0.470. The van der Waals surface area contributed by atoms with E-state index >= 15 is 0 Å². The number of alkyl halides is 3. The zero-order valence-corrected chi connectivity index (χ0v) is 14.2. The lowest BCUT2D eigenvalue weighted by atomic mass is 10.1. The highest BCUT2D eigenvalue weighted by molar-refractivity contribution is 5.99. The van der Waals surface area contributed by atoms with Crippen molar-refractivity contribution in [1.82, 2.24) is 10.3 Å². The van der Waals surface area contributed by atoms with Crippen molar-refractivity contribution in [2.45, 2.75) is 18.8 Å². The third-order valence-electron chi connectivity index (χ3n) is 3.64. The number of benzene rings is 1. The van der Waals surface area contributed by atoms with Gasteiger partial charge >= 0.3 is 17.8 Å². The van der Waals surface area contributed by atoms with Crippen LogP contribution in [0.2, 0.25) is 0 Å². The van der Waals surface area contributed by atoms with Gasteiger partial charge in [0, 0.05) is 11.8 Å². The highest BCUT2D eigenvalue weighted by Gasteiger charge is 2.63. The van der Waals surface area contributed by atoms with Crippen LogP contribution >= 0.6 is 0 Å². The smallest absolute Gasteiger partial charge is 0.441 e. The fourth-order valence-corrected chi connectivity index (χ4v) is 2.18. The number of anilines is 1. The Morgan fingerprint density at radius 2 is 1.74 bits per heavy atom. The summed E-state index contributed by atoms with van der Waals surface area (Å²) in [6.07, 6.45) is -4.07. The minimum absolute atomic E-state index is 0.278. The normalized spacial score (nSPS) is 13.4. The van der Waals surface area contributed by atoms with Gasteiger partial charge in [0.15, 0.2) is 0 Å². The van der Waals surface area contributed by atoms with E-state index < -0.39 is 29.5 Å². The van der Waals surface area contributed by atoms with Crippen LogP contribution in [-0.4, -0.2) is 35.8 Å². The molecule has 2 rings (SSSR count). The molecule has 6 nitrogen and oxygen atoms in total. The van der Waals surface area contributed by atoms with Gasteiger partial charge in [-0.2, -0.15) is 13.2 Å². The molecule has 27 heavy (non-hydrogen) atoms. The Hall–Kier alpha value is -3.17. The number of aromatic nitrogens is 1. The zero-order chi connectivity index (χ0) is 20.2. The third-order valence-corrected chi connectivity index (χ3v) is 3.64. The van der Waals surface area contributed by atoms with Gasteiger partial charge in [-0.1, -0.05) is 6.07 Å². The van der Waals surface area contributed by atoms with Crippen LogP contribution < -0.4 is 10.6 Å². The Balaban J connectivity index is 2.50. The second kappa shape index (κ2) is 7.60. The first-order chi connectivity index (χ1) is 12.6. The van der Waals surface area contributed by atoms with Crippen LogP contribution in [-0.2, 0) is 9.53 Å². The summed E-state index contributed by atoms with van der Waals surface area (Å²) in [6, 6.07) is 6.72. The molecule has 10 heteroatoms. The van der Waals surface area contributed by atoms with Crippen molar-refractivity contribution in [2.75, 3.05) is 12.4 Å². The number of hydrogen-bond donors (Lipinski definition) is 2. The highest BCUT2D eigenvalue weighted by atomic mass is 19.4. The Morgan fingerprint density at radius 1 is 1.11 bits per heavy atom. The molecule has 0 radical (unpaired) electrons. The number of carbonyl (C=O) groups is 2. The lowest BCUT2D eigenvalue weighted by Gasteiger charge is -2.35. The first-order valence-corrected chi connectivity index (χ1v) is 7.54. The predicted molar refractivity (Wildman–Crippen MR) is 87.3 cm³/mol. The largest absolute Gasteiger partial charge is 0.466 e. The van der Waals surface area contributed by atoms with Crippen LogP contribution in [0.1, 0.15) is 15.9 Å². The van der Waals surface area contributed by atoms with Crippen molar-refractivity contribution < 1.29 is 31.9 Å². The molecule has 0 fully saturated rings. The van der Waals surface area contributed by atoms with Crippen LogP contribution in [0.25, 0.3) is 0 Å². The molecule has 0 aliphatic carbocycles. The molecule has 0 saturated heterocycles. The molecule has 2 N–H and O–H groups in total. The summed E-state index contributed by atoms with van der Waals surface area (Å²) >= 11 is 0. The fourth-order valence-electron chi connectivity index (χ4n) is 2.18. The van der Waals surface area contributed by atoms with E-state index in [1.165, 1.54) is 25.3 Å². The number of halogens is 4. The fraction of sp³-hybridized carbons (Fsp3) is 0.235. The molecule has 0 aliphatic heterocycles. The number of pyridine rings is 1. The summed E-state index contributed by atoms with van der Waals surface area (Å²) in [6.45, 7) is 1.47. The number of ether oxygens (including phenoxy) is 1. The second-order valence-electron chi connectivity index (χ2n) is 5.49. The molecule has 0 spiro atoms. The Kier molecular flexibility index (Phi) is 5.67. The van der Waals surface area contributed by atoms with Gasteiger partial charge < -0.3 is 15.4 Å². The number of esters is 1. The van der Waals surface area contributed by atoms with Crippen LogP contribution in [0.5, 0.6) is 0 Å². The lowest BCUT2D eigenvalue weighted by molar-refractivity contribution is -0.203. The van der Waals surface area contributed by atoms with Gasteiger partial charge in [-0.25, -0.2) is 14.2 Å². The summed E-state index contributed by atoms with van der Waals surface area (Å²) in [7, 11) is 0.750.